The molecule has 0 aliphatic carbocycles. The first-order valence-corrected chi connectivity index (χ1v) is 7.44. The van der Waals surface area contributed by atoms with Gasteiger partial charge in [-0.3, -0.25) is 4.98 Å². The quantitative estimate of drug-likeness (QED) is 0.899. The highest BCUT2D eigenvalue weighted by Crippen LogP contribution is 2.37. The van der Waals surface area contributed by atoms with Gasteiger partial charge in [-0.2, -0.15) is 0 Å². The lowest BCUT2D eigenvalue weighted by atomic mass is 9.77. The van der Waals surface area contributed by atoms with E-state index in [9.17, 15) is 0 Å². The van der Waals surface area contributed by atoms with Crippen LogP contribution in [0.25, 0.3) is 0 Å². The Morgan fingerprint density at radius 3 is 2.70 bits per heavy atom. The molecule has 1 fully saturated rings. The monoisotopic (exact) mass is 266 g/mol. The third kappa shape index (κ3) is 2.75. The molecule has 2 heteroatoms. The summed E-state index contributed by atoms with van der Waals surface area (Å²) in [5.41, 5.74) is 5.26. The van der Waals surface area contributed by atoms with Crippen LogP contribution in [0.15, 0.2) is 42.6 Å². The predicted octanol–water partition coefficient (Wildman–Crippen LogP) is 3.56. The maximum absolute atomic E-state index is 4.48. The molecule has 2 aromatic rings. The van der Waals surface area contributed by atoms with Crippen LogP contribution in [0.5, 0.6) is 0 Å². The van der Waals surface area contributed by atoms with Gasteiger partial charge >= 0.3 is 0 Å². The molecule has 2 atom stereocenters. The minimum atomic E-state index is 0.549. The van der Waals surface area contributed by atoms with E-state index in [1.165, 1.54) is 23.1 Å². The van der Waals surface area contributed by atoms with Crippen molar-refractivity contribution in [1.29, 1.82) is 0 Å². The summed E-state index contributed by atoms with van der Waals surface area (Å²) >= 11 is 0. The van der Waals surface area contributed by atoms with Gasteiger partial charge < -0.3 is 5.32 Å². The molecule has 3 rings (SSSR count). The second-order valence-electron chi connectivity index (χ2n) is 5.85. The van der Waals surface area contributed by atoms with Crippen molar-refractivity contribution < 1.29 is 0 Å². The summed E-state index contributed by atoms with van der Waals surface area (Å²) in [7, 11) is 0. The Morgan fingerprint density at radius 2 is 1.95 bits per heavy atom. The Bertz CT molecular complexity index is 574. The minimum Gasteiger partial charge on any atom is -0.316 e. The van der Waals surface area contributed by atoms with Gasteiger partial charge in [0.15, 0.2) is 0 Å². The third-order valence-corrected chi connectivity index (χ3v) is 4.31. The summed E-state index contributed by atoms with van der Waals surface area (Å²) < 4.78 is 0. The van der Waals surface area contributed by atoms with Gasteiger partial charge in [0.25, 0.3) is 0 Å². The van der Waals surface area contributed by atoms with E-state index in [0.29, 0.717) is 11.8 Å². The number of nitrogens with zero attached hydrogens (tertiary/aromatic N) is 1. The van der Waals surface area contributed by atoms with Crippen LogP contribution in [-0.2, 0) is 0 Å². The normalized spacial score (nSPS) is 22.7. The van der Waals surface area contributed by atoms with Crippen molar-refractivity contribution in [2.45, 2.75) is 32.1 Å². The van der Waals surface area contributed by atoms with Gasteiger partial charge in [-0.25, -0.2) is 0 Å². The SMILES string of the molecule is Cc1cccc(C2CNCCC2c2ccc(C)nc2)c1. The van der Waals surface area contributed by atoms with E-state index in [4.69, 9.17) is 0 Å². The summed E-state index contributed by atoms with van der Waals surface area (Å²) in [5, 5.41) is 3.54. The van der Waals surface area contributed by atoms with Gasteiger partial charge in [-0.15, -0.1) is 0 Å². The van der Waals surface area contributed by atoms with Crippen molar-refractivity contribution in [3.63, 3.8) is 0 Å². The first kappa shape index (κ1) is 13.3. The molecule has 1 saturated heterocycles. The third-order valence-electron chi connectivity index (χ3n) is 4.31. The molecule has 2 nitrogen and oxygen atoms in total. The molecule has 2 unspecified atom stereocenters. The molecule has 1 aliphatic heterocycles. The van der Waals surface area contributed by atoms with Crippen LogP contribution in [0.2, 0.25) is 0 Å². The van der Waals surface area contributed by atoms with E-state index < -0.39 is 0 Å². The van der Waals surface area contributed by atoms with Crippen molar-refractivity contribution in [3.8, 4) is 0 Å². The highest BCUT2D eigenvalue weighted by molar-refractivity contribution is 5.31. The molecule has 1 aromatic heterocycles. The predicted molar refractivity (Wildman–Crippen MR) is 83.1 cm³/mol. The zero-order valence-electron chi connectivity index (χ0n) is 12.3. The zero-order valence-corrected chi connectivity index (χ0v) is 12.3. The Labute approximate surface area is 121 Å². The van der Waals surface area contributed by atoms with Gasteiger partial charge in [0.2, 0.25) is 0 Å². The molecule has 1 aliphatic rings. The smallest absolute Gasteiger partial charge is 0.0372 e. The van der Waals surface area contributed by atoms with Gasteiger partial charge in [0.05, 0.1) is 0 Å². The molecule has 0 radical (unpaired) electrons. The number of hydrogen-bond acceptors (Lipinski definition) is 2. The van der Waals surface area contributed by atoms with Crippen LogP contribution in [0.1, 0.15) is 40.6 Å². The topological polar surface area (TPSA) is 24.9 Å². The van der Waals surface area contributed by atoms with Crippen molar-refractivity contribution in [2.24, 2.45) is 0 Å². The summed E-state index contributed by atoms with van der Waals surface area (Å²) in [4.78, 5) is 4.48. The van der Waals surface area contributed by atoms with Crippen LogP contribution >= 0.6 is 0 Å². The highest BCUT2D eigenvalue weighted by atomic mass is 14.9. The molecule has 0 saturated carbocycles. The Hall–Kier alpha value is -1.67. The maximum atomic E-state index is 4.48. The van der Waals surface area contributed by atoms with Crippen molar-refractivity contribution >= 4 is 0 Å². The molecule has 1 N–H and O–H groups in total. The van der Waals surface area contributed by atoms with E-state index >= 15 is 0 Å². The lowest BCUT2D eigenvalue weighted by Crippen LogP contribution is -2.34. The summed E-state index contributed by atoms with van der Waals surface area (Å²) in [6, 6.07) is 13.3. The number of pyridine rings is 1. The number of piperidine rings is 1. The van der Waals surface area contributed by atoms with Crippen molar-refractivity contribution in [1.82, 2.24) is 10.3 Å². The molecular weight excluding hydrogens is 244 g/mol. The average Bonchev–Trinajstić information content (AvgIpc) is 2.48. The molecule has 1 aromatic carbocycles. The van der Waals surface area contributed by atoms with Gasteiger partial charge in [0, 0.05) is 24.4 Å². The first-order chi connectivity index (χ1) is 9.74. The fourth-order valence-corrected chi connectivity index (χ4v) is 3.21. The van der Waals surface area contributed by atoms with Crippen LogP contribution in [0.3, 0.4) is 0 Å². The zero-order chi connectivity index (χ0) is 13.9. The number of aryl methyl sites for hydroxylation is 2. The van der Waals surface area contributed by atoms with Gasteiger partial charge in [-0.05, 0) is 49.9 Å². The molecule has 2 heterocycles. The van der Waals surface area contributed by atoms with Crippen LogP contribution in [0, 0.1) is 13.8 Å². The number of aromatic nitrogens is 1. The molecular formula is C18H22N2. The Morgan fingerprint density at radius 1 is 1.05 bits per heavy atom. The molecule has 104 valence electrons. The first-order valence-electron chi connectivity index (χ1n) is 7.44. The van der Waals surface area contributed by atoms with Crippen molar-refractivity contribution in [2.75, 3.05) is 13.1 Å². The second-order valence-corrected chi connectivity index (χ2v) is 5.85. The van der Waals surface area contributed by atoms with Crippen LogP contribution in [0.4, 0.5) is 0 Å². The lowest BCUT2D eigenvalue weighted by Gasteiger charge is -2.33. The molecule has 0 bridgehead atoms. The molecule has 0 amide bonds. The Kier molecular flexibility index (Phi) is 3.83. The fraction of sp³-hybridized carbons (Fsp3) is 0.389. The van der Waals surface area contributed by atoms with Crippen LogP contribution < -0.4 is 5.32 Å². The van der Waals surface area contributed by atoms with Crippen LogP contribution in [-0.4, -0.2) is 18.1 Å². The lowest BCUT2D eigenvalue weighted by molar-refractivity contribution is 0.403. The van der Waals surface area contributed by atoms with E-state index in [1.54, 1.807) is 0 Å². The summed E-state index contributed by atoms with van der Waals surface area (Å²) in [6.45, 7) is 6.37. The standard InChI is InChI=1S/C18H22N2/c1-13-4-3-5-15(10-13)18-12-19-9-8-17(18)16-7-6-14(2)20-11-16/h3-7,10-11,17-19H,8-9,12H2,1-2H3. The number of rotatable bonds is 2. The van der Waals surface area contributed by atoms with E-state index in [-0.39, 0.29) is 0 Å². The largest absolute Gasteiger partial charge is 0.316 e. The molecule has 0 spiro atoms. The number of hydrogen-bond donors (Lipinski definition) is 1. The van der Waals surface area contributed by atoms with Gasteiger partial charge in [0.1, 0.15) is 0 Å². The second kappa shape index (κ2) is 5.76. The Balaban J connectivity index is 1.93. The van der Waals surface area contributed by atoms with Crippen molar-refractivity contribution in [3.05, 3.63) is 65.0 Å². The number of benzene rings is 1. The van der Waals surface area contributed by atoms with E-state index in [0.717, 1.165) is 18.8 Å². The van der Waals surface area contributed by atoms with E-state index in [1.807, 2.05) is 6.92 Å². The number of nitrogens with one attached hydrogen (secondary N) is 1. The van der Waals surface area contributed by atoms with E-state index in [2.05, 4.69) is 59.8 Å². The van der Waals surface area contributed by atoms with Gasteiger partial charge in [-0.1, -0.05) is 35.9 Å². The maximum Gasteiger partial charge on any atom is 0.0372 e. The average molecular weight is 266 g/mol. The highest BCUT2D eigenvalue weighted by Gasteiger charge is 2.27. The molecule has 20 heavy (non-hydrogen) atoms. The summed E-state index contributed by atoms with van der Waals surface area (Å²) in [5.74, 6) is 1.12. The fourth-order valence-electron chi connectivity index (χ4n) is 3.21. The summed E-state index contributed by atoms with van der Waals surface area (Å²) in [6.07, 6.45) is 3.25. The minimum absolute atomic E-state index is 0.549.